The zero-order chi connectivity index (χ0) is 14.8. The van der Waals surface area contributed by atoms with Crippen LogP contribution in [0.2, 0.25) is 0 Å². The van der Waals surface area contributed by atoms with Crippen molar-refractivity contribution in [2.75, 3.05) is 0 Å². The van der Waals surface area contributed by atoms with Gasteiger partial charge >= 0.3 is 43.8 Å². The Kier molecular flexibility index (Phi) is 8.89. The van der Waals surface area contributed by atoms with Crippen LogP contribution in [0.25, 0.3) is 0 Å². The topological polar surface area (TPSA) is 117 Å². The van der Waals surface area contributed by atoms with Crippen LogP contribution in [-0.4, -0.2) is 5.11 Å². The molecular formula is C7H3F4Li2N2O5P. The number of hydrogen-bond acceptors (Lipinski definition) is 7. The van der Waals surface area contributed by atoms with Crippen molar-refractivity contribution in [1.29, 1.82) is 0 Å². The number of phosphoric acid groups is 1. The SMILES string of the molecule is O=P([O-])([O-])ON=NC(F)(F)c1ccc(F)c(F)c1O.[Li+].[Li+]. The Morgan fingerprint density at radius 3 is 2.24 bits per heavy atom. The molecule has 0 aliphatic heterocycles. The molecule has 21 heavy (non-hydrogen) atoms. The Morgan fingerprint density at radius 1 is 1.24 bits per heavy atom. The van der Waals surface area contributed by atoms with E-state index in [4.69, 9.17) is 5.11 Å². The zero-order valence-corrected chi connectivity index (χ0v) is 11.5. The average Bonchev–Trinajstić information content (AvgIpc) is 2.23. The minimum absolute atomic E-state index is 0. The third-order valence-electron chi connectivity index (χ3n) is 1.70. The van der Waals surface area contributed by atoms with Gasteiger partial charge in [-0.3, -0.25) is 0 Å². The van der Waals surface area contributed by atoms with Gasteiger partial charge in [0.1, 0.15) is 7.82 Å². The van der Waals surface area contributed by atoms with Crippen molar-refractivity contribution in [2.24, 2.45) is 10.4 Å². The number of phenols is 1. The molecule has 0 spiro atoms. The first-order valence-electron chi connectivity index (χ1n) is 4.23. The number of alkyl halides is 2. The third-order valence-corrected chi connectivity index (χ3v) is 1.97. The molecule has 7 nitrogen and oxygen atoms in total. The predicted molar refractivity (Wildman–Crippen MR) is 45.5 cm³/mol. The van der Waals surface area contributed by atoms with Crippen molar-refractivity contribution in [3.05, 3.63) is 29.3 Å². The first-order valence-corrected chi connectivity index (χ1v) is 5.69. The fraction of sp³-hybridized carbons (Fsp3) is 0.143. The van der Waals surface area contributed by atoms with E-state index in [0.717, 1.165) is 0 Å². The average molecular weight is 316 g/mol. The molecule has 1 N–H and O–H groups in total. The molecule has 0 saturated carbocycles. The van der Waals surface area contributed by atoms with Crippen molar-refractivity contribution in [3.8, 4) is 5.75 Å². The van der Waals surface area contributed by atoms with Gasteiger partial charge in [0.05, 0.1) is 5.56 Å². The summed E-state index contributed by atoms with van der Waals surface area (Å²) in [6.45, 7) is 0. The first kappa shape index (κ1) is 22.8. The van der Waals surface area contributed by atoms with E-state index < -0.39 is 36.8 Å². The van der Waals surface area contributed by atoms with E-state index in [1.807, 2.05) is 10.4 Å². The summed E-state index contributed by atoms with van der Waals surface area (Å²) in [5, 5.41) is 12.9. The molecule has 0 fully saturated rings. The number of phenolic OH excluding ortho intramolecular Hbond substituents is 1. The number of halogens is 4. The minimum Gasteiger partial charge on any atom is -0.778 e. The van der Waals surface area contributed by atoms with E-state index >= 15 is 0 Å². The summed E-state index contributed by atoms with van der Waals surface area (Å²) in [5.41, 5.74) is -1.50. The number of hydrogen-bond donors (Lipinski definition) is 1. The molecule has 0 unspecified atom stereocenters. The number of benzene rings is 1. The fourth-order valence-electron chi connectivity index (χ4n) is 0.951. The maximum Gasteiger partial charge on any atom is 1.00 e. The third kappa shape index (κ3) is 6.41. The molecule has 0 amide bonds. The Bertz CT molecular complexity index is 570. The second-order valence-electron chi connectivity index (χ2n) is 3.01. The van der Waals surface area contributed by atoms with Crippen LogP contribution in [0, 0.1) is 11.6 Å². The van der Waals surface area contributed by atoms with Crippen LogP contribution in [-0.2, 0) is 15.2 Å². The summed E-state index contributed by atoms with van der Waals surface area (Å²) < 4.78 is 64.8. The zero-order valence-electron chi connectivity index (χ0n) is 10.6. The second kappa shape index (κ2) is 8.21. The van der Waals surface area contributed by atoms with Crippen LogP contribution in [0.5, 0.6) is 5.75 Å². The van der Waals surface area contributed by atoms with Crippen LogP contribution in [0.15, 0.2) is 22.5 Å². The van der Waals surface area contributed by atoms with Gasteiger partial charge in [-0.05, 0) is 12.1 Å². The van der Waals surface area contributed by atoms with E-state index in [2.05, 4.69) is 4.62 Å². The van der Waals surface area contributed by atoms with Crippen LogP contribution in [0.3, 0.4) is 0 Å². The normalized spacial score (nSPS) is 11.7. The Labute approximate surface area is 139 Å². The summed E-state index contributed by atoms with van der Waals surface area (Å²) >= 11 is 0. The standard InChI is InChI=1S/C7H5F4N2O5P.2Li/c8-4-2-1-3(6(14)5(4)9)7(10,11)12-13-18-19(15,16)17;;/h1-2,14H,(H2,15,16,17);;/q;2*+1/p-2. The van der Waals surface area contributed by atoms with E-state index in [1.54, 1.807) is 0 Å². The van der Waals surface area contributed by atoms with Gasteiger partial charge in [0.25, 0.3) is 0 Å². The van der Waals surface area contributed by atoms with Crippen LogP contribution < -0.4 is 47.5 Å². The van der Waals surface area contributed by atoms with Gasteiger partial charge < -0.3 is 24.1 Å². The molecule has 1 rings (SSSR count). The maximum absolute atomic E-state index is 13.2. The van der Waals surface area contributed by atoms with Gasteiger partial charge in [-0.1, -0.05) is 5.11 Å². The molecule has 0 atom stereocenters. The number of nitrogens with zero attached hydrogens (tertiary/aromatic N) is 2. The van der Waals surface area contributed by atoms with Gasteiger partial charge in [-0.15, -0.1) is 0 Å². The first-order chi connectivity index (χ1) is 8.54. The Hall–Kier alpha value is -0.515. The quantitative estimate of drug-likeness (QED) is 0.149. The van der Waals surface area contributed by atoms with Gasteiger partial charge in [0.15, 0.2) is 11.6 Å². The van der Waals surface area contributed by atoms with Crippen molar-refractivity contribution < 1.29 is 79.4 Å². The number of rotatable bonds is 4. The van der Waals surface area contributed by atoms with E-state index in [-0.39, 0.29) is 43.8 Å². The van der Waals surface area contributed by atoms with Crippen LogP contribution in [0.4, 0.5) is 17.6 Å². The van der Waals surface area contributed by atoms with Gasteiger partial charge in [-0.25, -0.2) is 4.39 Å². The molecule has 0 bridgehead atoms. The summed E-state index contributed by atoms with van der Waals surface area (Å²) in [6, 6.07) is -3.87. The minimum atomic E-state index is -5.66. The van der Waals surface area contributed by atoms with Gasteiger partial charge in [0, 0.05) is 5.28 Å². The van der Waals surface area contributed by atoms with E-state index in [0.29, 0.717) is 6.07 Å². The monoisotopic (exact) mass is 316 g/mol. The summed E-state index contributed by atoms with van der Waals surface area (Å²) in [7, 11) is -5.66. The molecule has 1 aromatic rings. The molecule has 0 aliphatic carbocycles. The molecule has 0 radical (unpaired) electrons. The van der Waals surface area contributed by atoms with Crippen molar-refractivity contribution in [1.82, 2.24) is 0 Å². The van der Waals surface area contributed by atoms with Crippen molar-refractivity contribution >= 4 is 7.82 Å². The van der Waals surface area contributed by atoms with Crippen LogP contribution in [0.1, 0.15) is 5.56 Å². The summed E-state index contributed by atoms with van der Waals surface area (Å²) in [6.07, 6.45) is 0. The second-order valence-corrected chi connectivity index (χ2v) is 4.07. The van der Waals surface area contributed by atoms with Crippen LogP contribution >= 0.6 is 7.82 Å². The van der Waals surface area contributed by atoms with Gasteiger partial charge in [0.2, 0.25) is 5.82 Å². The number of aromatic hydroxyl groups is 1. The van der Waals surface area contributed by atoms with E-state index in [1.165, 1.54) is 0 Å². The van der Waals surface area contributed by atoms with Crippen molar-refractivity contribution in [3.63, 3.8) is 0 Å². The molecule has 0 aliphatic rings. The molecular weight excluding hydrogens is 313 g/mol. The molecule has 106 valence electrons. The molecule has 14 heteroatoms. The largest absolute Gasteiger partial charge is 1.00 e. The van der Waals surface area contributed by atoms with Crippen molar-refractivity contribution in [2.45, 2.75) is 6.05 Å². The molecule has 1 aromatic carbocycles. The maximum atomic E-state index is 13.2. The summed E-state index contributed by atoms with van der Waals surface area (Å²) in [4.78, 5) is 19.8. The fourth-order valence-corrected chi connectivity index (χ4v) is 1.08. The smallest absolute Gasteiger partial charge is 0.778 e. The molecule has 0 heterocycles. The van der Waals surface area contributed by atoms with Gasteiger partial charge in [-0.2, -0.15) is 13.2 Å². The summed E-state index contributed by atoms with van der Waals surface area (Å²) in [5.74, 6) is -5.28. The van der Waals surface area contributed by atoms with E-state index in [9.17, 15) is 31.9 Å². The predicted octanol–water partition coefficient (Wildman–Crippen LogP) is -5.06. The molecule has 0 saturated heterocycles. The Balaban J connectivity index is 0. The Morgan fingerprint density at radius 2 is 1.76 bits per heavy atom. The molecule has 0 aromatic heterocycles.